The molecular formula is C121H102Ir2N10O2Pt. The maximum Gasteiger partial charge on any atom is 3.00 e. The van der Waals surface area contributed by atoms with Crippen molar-refractivity contribution in [3.63, 3.8) is 0 Å². The van der Waals surface area contributed by atoms with Crippen LogP contribution < -0.4 is 20.4 Å². The van der Waals surface area contributed by atoms with E-state index < -0.39 is 5.97 Å². The van der Waals surface area contributed by atoms with Crippen molar-refractivity contribution in [1.29, 1.82) is 0 Å². The van der Waals surface area contributed by atoms with Crippen molar-refractivity contribution in [2.45, 2.75) is 107 Å². The van der Waals surface area contributed by atoms with Crippen LogP contribution in [0.1, 0.15) is 126 Å². The Balaban J connectivity index is 0.000000140. The second kappa shape index (κ2) is 48.8. The van der Waals surface area contributed by atoms with Crippen LogP contribution in [0, 0.1) is 30.3 Å². The summed E-state index contributed by atoms with van der Waals surface area (Å²) in [7, 11) is 0. The van der Waals surface area contributed by atoms with Crippen LogP contribution in [0.4, 0.5) is 0 Å². The molecule has 8 bridgehead atoms. The first-order valence-corrected chi connectivity index (χ1v) is 45.9. The van der Waals surface area contributed by atoms with Crippen LogP contribution in [0.25, 0.3) is 172 Å². The zero-order valence-electron chi connectivity index (χ0n) is 77.2. The van der Waals surface area contributed by atoms with Gasteiger partial charge in [-0.1, -0.05) is 272 Å². The summed E-state index contributed by atoms with van der Waals surface area (Å²) < 4.78 is 0. The quantitative estimate of drug-likeness (QED) is 0.103. The number of rotatable bonds is 14. The Morgan fingerprint density at radius 1 is 0.309 bits per heavy atom. The van der Waals surface area contributed by atoms with Crippen LogP contribution in [-0.4, -0.2) is 52.5 Å². The average Bonchev–Trinajstić information content (AvgIpc) is 1.61. The van der Waals surface area contributed by atoms with Crippen molar-refractivity contribution in [3.8, 4) is 56.3 Å². The molecule has 11 aromatic carbocycles. The molecular weight excluding hydrogens is 2200 g/mol. The molecule has 676 valence electrons. The number of nitrogens with zero attached hydrogens (tertiary/aromatic N) is 10. The van der Waals surface area contributed by atoms with Gasteiger partial charge < -0.3 is 45.3 Å². The third-order valence-corrected chi connectivity index (χ3v) is 23.9. The van der Waals surface area contributed by atoms with Crippen molar-refractivity contribution in [3.05, 3.63) is 444 Å². The molecule has 11 heterocycles. The van der Waals surface area contributed by atoms with Gasteiger partial charge in [-0.25, -0.2) is 14.8 Å². The molecule has 22 rings (SSSR count). The molecule has 12 nitrogen and oxygen atoms in total. The molecule has 3 aliphatic rings. The number of pyridine rings is 5. The Hall–Kier alpha value is -13.9. The van der Waals surface area contributed by atoms with Gasteiger partial charge in [0.2, 0.25) is 0 Å². The van der Waals surface area contributed by atoms with E-state index in [1.807, 2.05) is 249 Å². The summed E-state index contributed by atoms with van der Waals surface area (Å²) in [4.78, 5) is 54.0. The number of allylic oxidation sites excluding steroid dienone is 4. The number of aromatic nitrogens is 9. The minimum absolute atomic E-state index is 0. The Bertz CT molecular complexity index is 7070. The van der Waals surface area contributed by atoms with E-state index in [-0.39, 0.29) is 67.0 Å². The second-order valence-electron chi connectivity index (χ2n) is 31.9. The Kier molecular flexibility index (Phi) is 35.7. The molecule has 19 aromatic rings. The number of hydrogen-bond donors (Lipinski definition) is 1. The van der Waals surface area contributed by atoms with E-state index in [2.05, 4.69) is 219 Å². The van der Waals surface area contributed by atoms with Crippen molar-refractivity contribution in [2.75, 3.05) is 6.54 Å². The summed E-state index contributed by atoms with van der Waals surface area (Å²) in [6.07, 6.45) is 18.9. The van der Waals surface area contributed by atoms with Gasteiger partial charge in [-0.05, 0) is 184 Å². The Morgan fingerprint density at radius 2 is 0.596 bits per heavy atom. The van der Waals surface area contributed by atoms with Crippen molar-refractivity contribution < 1.29 is 71.2 Å². The van der Waals surface area contributed by atoms with Crippen LogP contribution in [0.2, 0.25) is 0 Å². The van der Waals surface area contributed by atoms with Crippen molar-refractivity contribution in [2.24, 2.45) is 0 Å². The minimum Gasteiger partial charge on any atom is -0.675 e. The minimum atomic E-state index is -0.958. The summed E-state index contributed by atoms with van der Waals surface area (Å²) in [6, 6.07) is 124. The maximum atomic E-state index is 10.8. The molecule has 3 aliphatic heterocycles. The van der Waals surface area contributed by atoms with Gasteiger partial charge in [-0.15, -0.1) is 208 Å². The second-order valence-corrected chi connectivity index (χ2v) is 31.9. The van der Waals surface area contributed by atoms with Crippen LogP contribution in [-0.2, 0) is 91.8 Å². The van der Waals surface area contributed by atoms with Gasteiger partial charge in [-0.3, -0.25) is 0 Å². The van der Waals surface area contributed by atoms with E-state index in [0.29, 0.717) is 11.8 Å². The van der Waals surface area contributed by atoms with Gasteiger partial charge in [0.05, 0.1) is 22.8 Å². The van der Waals surface area contributed by atoms with Crippen LogP contribution in [0.15, 0.2) is 353 Å². The van der Waals surface area contributed by atoms with Gasteiger partial charge in [0.15, 0.2) is 0 Å². The van der Waals surface area contributed by atoms with E-state index in [4.69, 9.17) is 25.0 Å². The van der Waals surface area contributed by atoms with Crippen LogP contribution >= 0.6 is 0 Å². The molecule has 8 aromatic heterocycles. The number of fused-ring (bicyclic) bond motifs is 14. The topological polar surface area (TPSA) is 170 Å². The molecule has 0 radical (unpaired) electrons. The SMILES string of the molecule is CCC1=C(CC)c2cc3[n-]c(cc4nc(cc5[n-]c(cc1n2)c(CC)c5CC)C(CC)=C4CC)c(CC)c3CC.O=C(O)C1=c2ccccc2=CC[N-]1.[Ir+3].[Ir+3].[Pt+2].[c-]1ccccc1-c1cc2ccccc2cn1.[c-]1ccccc1-c1cc2ccccc2cn1.[c-]1ccccc1-c1cc2ccccc2cn1.[c-]1ccccc1-c1nccc2ccccc12.[c-]1ccccc1-c1nccc2ccccc12. The largest absolute Gasteiger partial charge is 3.00 e. The molecule has 15 heteroatoms. The van der Waals surface area contributed by atoms with Gasteiger partial charge in [-0.2, -0.15) is 0 Å². The molecule has 0 spiro atoms. The average molecular weight is 2310 g/mol. The normalized spacial score (nSPS) is 11.5. The molecule has 136 heavy (non-hydrogen) atoms. The number of aryl methyl sites for hydroxylation is 4. The first-order chi connectivity index (χ1) is 65.4. The molecule has 1 N–H and O–H groups in total. The molecule has 0 saturated heterocycles. The summed E-state index contributed by atoms with van der Waals surface area (Å²) in [5, 5.41) is 26.4. The number of carbonyl (C=O) groups is 1. The summed E-state index contributed by atoms with van der Waals surface area (Å²) in [5.74, 6) is -0.958. The molecule has 0 aliphatic carbocycles. The number of hydrogen-bond acceptors (Lipinski definition) is 8. The number of carboxylic acids is 1. The van der Waals surface area contributed by atoms with Crippen LogP contribution in [0.5, 0.6) is 0 Å². The Labute approximate surface area is 838 Å². The molecule has 0 unspecified atom stereocenters. The van der Waals surface area contributed by atoms with E-state index in [1.54, 1.807) is 6.07 Å². The third kappa shape index (κ3) is 23.5. The maximum absolute atomic E-state index is 10.8. The van der Waals surface area contributed by atoms with Gasteiger partial charge in [0.1, 0.15) is 0 Å². The van der Waals surface area contributed by atoms with E-state index in [9.17, 15) is 4.79 Å². The molecule has 0 fully saturated rings. The van der Waals surface area contributed by atoms with Gasteiger partial charge >= 0.3 is 67.2 Å². The molecule has 0 atom stereocenters. The third-order valence-electron chi connectivity index (χ3n) is 23.9. The standard InChI is InChI=1S/C36H44N4.5C15H10N.C10H8NO2.2Ir.Pt/c1-9-21-22(10-2)30-18-32-25(13-5)26(14-6)34(39-32)20-36-28(16-8)27(15-7)35(40-36)19-33-24(12-4)23(11-3)31(38-33)17-29(21)37-30;2*1-2-7-13(8-3-1)15-14-9-5-4-6-12(14)10-11-16-15;3*1-2-6-12(7-3-1)15-10-13-8-4-5-9-14(13)11-16-15;12-10(13)9-8-4-2-1-3-7(8)5-6-11-9;;;/h17-20H,9-16H2,1-8H3;2*1-7,9-11H;3*1-6,8-11H;1-5H,6H2,(H,12,13);;;/q-2;6*-1;2*+3;+2. The number of carboxylic acid groups (broad SMARTS) is 1. The smallest absolute Gasteiger partial charge is 0.675 e. The van der Waals surface area contributed by atoms with Gasteiger partial charge in [0, 0.05) is 31.0 Å². The zero-order valence-corrected chi connectivity index (χ0v) is 84.3. The predicted octanol–water partition coefficient (Wildman–Crippen LogP) is 27.8. The Morgan fingerprint density at radius 3 is 0.897 bits per heavy atom. The fourth-order valence-electron chi connectivity index (χ4n) is 17.4. The van der Waals surface area contributed by atoms with Crippen molar-refractivity contribution >= 4 is 116 Å². The summed E-state index contributed by atoms with van der Waals surface area (Å²) in [5.41, 5.74) is 29.4. The van der Waals surface area contributed by atoms with E-state index in [0.717, 1.165) is 158 Å². The van der Waals surface area contributed by atoms with Crippen molar-refractivity contribution in [1.82, 2.24) is 44.9 Å². The van der Waals surface area contributed by atoms with E-state index >= 15 is 0 Å². The summed E-state index contributed by atoms with van der Waals surface area (Å²) in [6.45, 7) is 18.4. The number of aliphatic carboxylic acids is 1. The number of benzene rings is 11. The fraction of sp³-hybridized carbons (Fsp3) is 0.140. The molecule has 0 saturated carbocycles. The first kappa shape index (κ1) is 99.5. The predicted molar refractivity (Wildman–Crippen MR) is 551 cm³/mol. The first-order valence-electron chi connectivity index (χ1n) is 45.9. The molecule has 0 amide bonds. The van der Waals surface area contributed by atoms with E-state index in [1.165, 1.54) is 98.4 Å². The zero-order chi connectivity index (χ0) is 91.8. The van der Waals surface area contributed by atoms with Crippen LogP contribution in [0.3, 0.4) is 0 Å². The van der Waals surface area contributed by atoms with Gasteiger partial charge in [0.25, 0.3) is 0 Å². The monoisotopic (exact) mass is 2310 g/mol. The summed E-state index contributed by atoms with van der Waals surface area (Å²) >= 11 is 0. The fourth-order valence-corrected chi connectivity index (χ4v) is 17.4.